The minimum atomic E-state index is 0.443. The minimum Gasteiger partial charge on any atom is -0.316 e. The van der Waals surface area contributed by atoms with E-state index in [0.717, 1.165) is 32.1 Å². The molecule has 0 heterocycles. The second-order valence-electron chi connectivity index (χ2n) is 6.65. The Labute approximate surface area is 126 Å². The maximum Gasteiger partial charge on any atom is 0.0164 e. The molecule has 0 aromatic rings. The number of rotatable bonds is 10. The topological polar surface area (TPSA) is 15.3 Å². The molecule has 0 spiro atoms. The van der Waals surface area contributed by atoms with Gasteiger partial charge in [-0.1, -0.05) is 38.8 Å². The highest BCUT2D eigenvalue weighted by atomic mass is 15.1. The van der Waals surface area contributed by atoms with Crippen LogP contribution in [0.4, 0.5) is 0 Å². The fraction of sp³-hybridized carbons (Fsp3) is 0.778. The monoisotopic (exact) mass is 278 g/mol. The molecule has 0 bridgehead atoms. The van der Waals surface area contributed by atoms with Gasteiger partial charge in [-0.3, -0.25) is 4.90 Å². The highest BCUT2D eigenvalue weighted by Gasteiger charge is 2.35. The fourth-order valence-electron chi connectivity index (χ4n) is 3.70. The third-order valence-corrected chi connectivity index (χ3v) is 4.45. The predicted octanol–water partition coefficient (Wildman–Crippen LogP) is 3.86. The van der Waals surface area contributed by atoms with E-state index in [0.29, 0.717) is 5.41 Å². The molecular weight excluding hydrogens is 244 g/mol. The van der Waals surface area contributed by atoms with Gasteiger partial charge in [-0.05, 0) is 37.1 Å². The number of hydrogen-bond acceptors (Lipinski definition) is 2. The van der Waals surface area contributed by atoms with Gasteiger partial charge < -0.3 is 5.32 Å². The second kappa shape index (κ2) is 9.36. The second-order valence-corrected chi connectivity index (χ2v) is 6.65. The molecule has 0 saturated heterocycles. The molecule has 0 aromatic carbocycles. The first-order valence-electron chi connectivity index (χ1n) is 8.30. The molecule has 1 fully saturated rings. The summed E-state index contributed by atoms with van der Waals surface area (Å²) in [6.45, 7) is 17.9. The van der Waals surface area contributed by atoms with Gasteiger partial charge in [0.25, 0.3) is 0 Å². The summed E-state index contributed by atoms with van der Waals surface area (Å²) in [4.78, 5) is 2.49. The lowest BCUT2D eigenvalue weighted by Gasteiger charge is -2.43. The molecule has 0 radical (unpaired) electrons. The molecule has 2 nitrogen and oxygen atoms in total. The Kier molecular flexibility index (Phi) is 8.16. The van der Waals surface area contributed by atoms with Crippen molar-refractivity contribution in [2.24, 2.45) is 11.3 Å². The molecule has 1 aliphatic carbocycles. The van der Waals surface area contributed by atoms with E-state index in [1.807, 2.05) is 12.2 Å². The zero-order chi connectivity index (χ0) is 14.8. The van der Waals surface area contributed by atoms with E-state index in [9.17, 15) is 0 Å². The van der Waals surface area contributed by atoms with Crippen LogP contribution < -0.4 is 5.32 Å². The molecule has 0 amide bonds. The Morgan fingerprint density at radius 1 is 1.30 bits per heavy atom. The van der Waals surface area contributed by atoms with Crippen LogP contribution >= 0.6 is 0 Å². The Morgan fingerprint density at radius 3 is 2.55 bits per heavy atom. The molecule has 20 heavy (non-hydrogen) atoms. The number of nitrogens with zero attached hydrogens (tertiary/aromatic N) is 1. The highest BCUT2D eigenvalue weighted by molar-refractivity contribution is 4.92. The van der Waals surface area contributed by atoms with Crippen LogP contribution in [-0.2, 0) is 0 Å². The molecule has 1 rings (SSSR count). The van der Waals surface area contributed by atoms with Crippen molar-refractivity contribution in [2.75, 3.05) is 32.7 Å². The molecule has 1 saturated carbocycles. The van der Waals surface area contributed by atoms with Crippen molar-refractivity contribution in [3.63, 3.8) is 0 Å². The summed E-state index contributed by atoms with van der Waals surface area (Å²) in [5, 5.41) is 3.68. The van der Waals surface area contributed by atoms with Crippen LogP contribution in [0.15, 0.2) is 25.3 Å². The third kappa shape index (κ3) is 5.80. The van der Waals surface area contributed by atoms with Crippen LogP contribution in [0.2, 0.25) is 0 Å². The Bertz CT molecular complexity index is 277. The maximum absolute atomic E-state index is 3.90. The van der Waals surface area contributed by atoms with Crippen molar-refractivity contribution >= 4 is 0 Å². The van der Waals surface area contributed by atoms with Gasteiger partial charge in [-0.25, -0.2) is 0 Å². The molecular formula is C18H34N2. The van der Waals surface area contributed by atoms with Gasteiger partial charge in [0.1, 0.15) is 0 Å². The van der Waals surface area contributed by atoms with Crippen molar-refractivity contribution in [1.29, 1.82) is 0 Å². The average Bonchev–Trinajstić information content (AvgIpc) is 2.39. The van der Waals surface area contributed by atoms with Gasteiger partial charge in [0.2, 0.25) is 0 Å². The molecule has 1 N–H and O–H groups in total. The lowest BCUT2D eigenvalue weighted by atomic mass is 9.69. The van der Waals surface area contributed by atoms with Crippen molar-refractivity contribution in [1.82, 2.24) is 10.2 Å². The first kappa shape index (κ1) is 17.5. The van der Waals surface area contributed by atoms with E-state index < -0.39 is 0 Å². The van der Waals surface area contributed by atoms with Crippen molar-refractivity contribution < 1.29 is 0 Å². The standard InChI is InChI=1S/C18H34N2/c1-5-11-19-15-18(10-8-9-17(4)14-18)16-20(12-6-2)13-7-3/h6-7,17,19H,2-3,5,8-16H2,1,4H3. The van der Waals surface area contributed by atoms with Crippen LogP contribution in [0.25, 0.3) is 0 Å². The fourth-order valence-corrected chi connectivity index (χ4v) is 3.70. The van der Waals surface area contributed by atoms with Crippen LogP contribution in [0.5, 0.6) is 0 Å². The summed E-state index contributed by atoms with van der Waals surface area (Å²) >= 11 is 0. The summed E-state index contributed by atoms with van der Waals surface area (Å²) in [5.41, 5.74) is 0.443. The first-order chi connectivity index (χ1) is 9.65. The summed E-state index contributed by atoms with van der Waals surface area (Å²) in [6, 6.07) is 0. The molecule has 116 valence electrons. The smallest absolute Gasteiger partial charge is 0.0164 e. The Balaban J connectivity index is 2.68. The van der Waals surface area contributed by atoms with Crippen LogP contribution in [-0.4, -0.2) is 37.6 Å². The third-order valence-electron chi connectivity index (χ3n) is 4.45. The van der Waals surface area contributed by atoms with Crippen LogP contribution in [0.3, 0.4) is 0 Å². The van der Waals surface area contributed by atoms with Crippen LogP contribution in [0, 0.1) is 11.3 Å². The molecule has 0 aliphatic heterocycles. The summed E-state index contributed by atoms with van der Waals surface area (Å²) in [6.07, 6.45) is 10.7. The van der Waals surface area contributed by atoms with Gasteiger partial charge in [0, 0.05) is 26.2 Å². The highest BCUT2D eigenvalue weighted by Crippen LogP contribution is 2.39. The Morgan fingerprint density at radius 2 is 2.00 bits per heavy atom. The molecule has 2 unspecified atom stereocenters. The van der Waals surface area contributed by atoms with Gasteiger partial charge in [-0.2, -0.15) is 0 Å². The van der Waals surface area contributed by atoms with Gasteiger partial charge in [0.15, 0.2) is 0 Å². The zero-order valence-corrected chi connectivity index (χ0v) is 13.7. The Hall–Kier alpha value is -0.600. The van der Waals surface area contributed by atoms with E-state index in [2.05, 4.69) is 37.2 Å². The number of hydrogen-bond donors (Lipinski definition) is 1. The van der Waals surface area contributed by atoms with Gasteiger partial charge >= 0.3 is 0 Å². The van der Waals surface area contributed by atoms with E-state index in [-0.39, 0.29) is 0 Å². The maximum atomic E-state index is 3.90. The van der Waals surface area contributed by atoms with Gasteiger partial charge in [-0.15, -0.1) is 13.2 Å². The van der Waals surface area contributed by atoms with E-state index in [1.165, 1.54) is 38.6 Å². The zero-order valence-electron chi connectivity index (χ0n) is 13.7. The lowest BCUT2D eigenvalue weighted by molar-refractivity contribution is 0.0907. The van der Waals surface area contributed by atoms with Gasteiger partial charge in [0.05, 0.1) is 0 Å². The average molecular weight is 278 g/mol. The van der Waals surface area contributed by atoms with Crippen molar-refractivity contribution in [3.05, 3.63) is 25.3 Å². The lowest BCUT2D eigenvalue weighted by Crippen LogP contribution is -2.47. The SMILES string of the molecule is C=CCN(CC=C)CC1(CNCCC)CCCC(C)C1. The largest absolute Gasteiger partial charge is 0.316 e. The molecule has 1 aliphatic rings. The summed E-state index contributed by atoms with van der Waals surface area (Å²) in [5.74, 6) is 0.862. The predicted molar refractivity (Wildman–Crippen MR) is 90.1 cm³/mol. The minimum absolute atomic E-state index is 0.443. The van der Waals surface area contributed by atoms with Crippen molar-refractivity contribution in [3.8, 4) is 0 Å². The van der Waals surface area contributed by atoms with Crippen molar-refractivity contribution in [2.45, 2.75) is 46.0 Å². The molecule has 2 heteroatoms. The number of nitrogens with one attached hydrogen (secondary N) is 1. The quantitative estimate of drug-likeness (QED) is 0.482. The first-order valence-corrected chi connectivity index (χ1v) is 8.30. The summed E-state index contributed by atoms with van der Waals surface area (Å²) in [7, 11) is 0. The normalized spacial score (nSPS) is 26.6. The van der Waals surface area contributed by atoms with E-state index in [4.69, 9.17) is 0 Å². The molecule has 0 aromatic heterocycles. The van der Waals surface area contributed by atoms with Crippen LogP contribution in [0.1, 0.15) is 46.0 Å². The molecule has 2 atom stereocenters. The van der Waals surface area contributed by atoms with E-state index >= 15 is 0 Å². The summed E-state index contributed by atoms with van der Waals surface area (Å²) < 4.78 is 0. The van der Waals surface area contributed by atoms with E-state index in [1.54, 1.807) is 0 Å².